The van der Waals surface area contributed by atoms with Crippen molar-refractivity contribution in [2.24, 2.45) is 0 Å². The van der Waals surface area contributed by atoms with Crippen molar-refractivity contribution in [3.05, 3.63) is 28.5 Å². The molecule has 2 aromatic rings. The number of nitrogens with zero attached hydrogens (tertiary/aromatic N) is 4. The maximum atomic E-state index is 12.3. The largest absolute Gasteiger partial charge is 0.357 e. The summed E-state index contributed by atoms with van der Waals surface area (Å²) in [6.45, 7) is 2.10. The van der Waals surface area contributed by atoms with Crippen molar-refractivity contribution in [2.75, 3.05) is 19.4 Å². The Morgan fingerprint density at radius 2 is 2.00 bits per heavy atom. The third kappa shape index (κ3) is 3.11. The van der Waals surface area contributed by atoms with Gasteiger partial charge in [0.15, 0.2) is 0 Å². The Hall–Kier alpha value is -1.58. The van der Waals surface area contributed by atoms with Crippen LogP contribution in [0.5, 0.6) is 0 Å². The van der Waals surface area contributed by atoms with E-state index in [0.717, 1.165) is 10.7 Å². The zero-order valence-corrected chi connectivity index (χ0v) is 13.0. The summed E-state index contributed by atoms with van der Waals surface area (Å²) in [5, 5.41) is 5.50. The summed E-state index contributed by atoms with van der Waals surface area (Å²) in [6.07, 6.45) is 2.58. The smallest absolute Gasteiger partial charge is 0.246 e. The topological polar surface area (TPSA) is 88.1 Å². The fraction of sp³-hybridized carbons (Fsp3) is 0.364. The maximum Gasteiger partial charge on any atom is 0.246 e. The molecule has 2 heterocycles. The molecule has 108 valence electrons. The average Bonchev–Trinajstić information content (AvgIpc) is 2.84. The lowest BCUT2D eigenvalue weighted by Crippen LogP contribution is -2.27. The highest BCUT2D eigenvalue weighted by Gasteiger charge is 2.22. The van der Waals surface area contributed by atoms with Crippen molar-refractivity contribution in [1.29, 1.82) is 0 Å². The molecule has 1 N–H and O–H groups in total. The minimum absolute atomic E-state index is 0.0611. The molecular formula is C11H15N5O2S2. The Kier molecular flexibility index (Phi) is 4.31. The Bertz CT molecular complexity index is 681. The lowest BCUT2D eigenvalue weighted by Gasteiger charge is -2.15. The van der Waals surface area contributed by atoms with E-state index >= 15 is 0 Å². The molecule has 0 aliphatic rings. The SMILES string of the molecule is CNc1ncc(S(=O)(=O)N(C)Cc2csc(C)n2)cn1. The normalized spacial score (nSPS) is 11.8. The molecule has 0 saturated carbocycles. The molecule has 0 radical (unpaired) electrons. The summed E-state index contributed by atoms with van der Waals surface area (Å²) in [4.78, 5) is 12.1. The molecule has 0 fully saturated rings. The molecule has 2 aromatic heterocycles. The van der Waals surface area contributed by atoms with Crippen LogP contribution in [0.3, 0.4) is 0 Å². The van der Waals surface area contributed by atoms with Crippen LogP contribution in [-0.4, -0.2) is 41.8 Å². The number of hydrogen-bond donors (Lipinski definition) is 1. The Labute approximate surface area is 121 Å². The lowest BCUT2D eigenvalue weighted by atomic mass is 10.5. The Morgan fingerprint density at radius 1 is 1.35 bits per heavy atom. The zero-order valence-electron chi connectivity index (χ0n) is 11.4. The van der Waals surface area contributed by atoms with Crippen molar-refractivity contribution >= 4 is 27.3 Å². The third-order valence-electron chi connectivity index (χ3n) is 2.61. The zero-order chi connectivity index (χ0) is 14.8. The number of nitrogens with one attached hydrogen (secondary N) is 1. The van der Waals surface area contributed by atoms with E-state index in [1.807, 2.05) is 12.3 Å². The molecule has 0 atom stereocenters. The van der Waals surface area contributed by atoms with Crippen LogP contribution in [0.1, 0.15) is 10.7 Å². The monoisotopic (exact) mass is 313 g/mol. The van der Waals surface area contributed by atoms with E-state index in [1.54, 1.807) is 7.05 Å². The van der Waals surface area contributed by atoms with Gasteiger partial charge in [-0.05, 0) is 6.92 Å². The standard InChI is InChI=1S/C11H15N5O2S2/c1-8-15-9(7-19-8)6-16(3)20(17,18)10-4-13-11(12-2)14-5-10/h4-5,7H,6H2,1-3H3,(H,12,13,14). The molecule has 0 unspecified atom stereocenters. The van der Waals surface area contributed by atoms with Crippen LogP contribution >= 0.6 is 11.3 Å². The number of sulfonamides is 1. The molecule has 0 bridgehead atoms. The Balaban J connectivity index is 2.19. The molecule has 20 heavy (non-hydrogen) atoms. The first-order chi connectivity index (χ1) is 9.43. The van der Waals surface area contributed by atoms with Crippen LogP contribution in [0, 0.1) is 6.92 Å². The minimum Gasteiger partial charge on any atom is -0.357 e. The predicted molar refractivity (Wildman–Crippen MR) is 77.1 cm³/mol. The van der Waals surface area contributed by atoms with Crippen LogP contribution in [0.25, 0.3) is 0 Å². The van der Waals surface area contributed by atoms with Crippen molar-refractivity contribution in [2.45, 2.75) is 18.4 Å². The molecule has 0 amide bonds. The van der Waals surface area contributed by atoms with Gasteiger partial charge in [0.1, 0.15) is 4.90 Å². The molecule has 0 aliphatic heterocycles. The van der Waals surface area contributed by atoms with Gasteiger partial charge in [0.2, 0.25) is 16.0 Å². The number of aryl methyl sites for hydroxylation is 1. The van der Waals surface area contributed by atoms with Crippen LogP contribution in [0.4, 0.5) is 5.95 Å². The summed E-state index contributed by atoms with van der Waals surface area (Å²) >= 11 is 1.49. The first kappa shape index (κ1) is 14.8. The van der Waals surface area contributed by atoms with E-state index in [-0.39, 0.29) is 11.4 Å². The number of rotatable bonds is 5. The first-order valence-corrected chi connectivity index (χ1v) is 8.12. The van der Waals surface area contributed by atoms with Gasteiger partial charge in [-0.1, -0.05) is 0 Å². The highest BCUT2D eigenvalue weighted by molar-refractivity contribution is 7.89. The van der Waals surface area contributed by atoms with E-state index in [4.69, 9.17) is 0 Å². The van der Waals surface area contributed by atoms with Gasteiger partial charge in [0.05, 0.1) is 29.6 Å². The number of anilines is 1. The minimum atomic E-state index is -3.61. The van der Waals surface area contributed by atoms with Crippen LogP contribution in [0.2, 0.25) is 0 Å². The lowest BCUT2D eigenvalue weighted by molar-refractivity contribution is 0.462. The van der Waals surface area contributed by atoms with Crippen molar-refractivity contribution in [3.8, 4) is 0 Å². The molecule has 0 spiro atoms. The molecule has 9 heteroatoms. The molecule has 7 nitrogen and oxygen atoms in total. The van der Waals surface area contributed by atoms with Crippen molar-refractivity contribution < 1.29 is 8.42 Å². The number of aromatic nitrogens is 3. The molecular weight excluding hydrogens is 298 g/mol. The summed E-state index contributed by atoms with van der Waals surface area (Å²) in [7, 11) is -0.431. The van der Waals surface area contributed by atoms with Gasteiger partial charge in [-0.15, -0.1) is 11.3 Å². The summed E-state index contributed by atoms with van der Waals surface area (Å²) in [6, 6.07) is 0. The van der Waals surface area contributed by atoms with Gasteiger partial charge in [-0.25, -0.2) is 23.4 Å². The van der Waals surface area contributed by atoms with Crippen molar-refractivity contribution in [3.63, 3.8) is 0 Å². The van der Waals surface area contributed by atoms with Gasteiger partial charge < -0.3 is 5.32 Å². The Morgan fingerprint density at radius 3 is 2.50 bits per heavy atom. The summed E-state index contributed by atoms with van der Waals surface area (Å²) in [5.74, 6) is 0.377. The third-order valence-corrected chi connectivity index (χ3v) is 5.19. The second-order valence-corrected chi connectivity index (χ2v) is 7.22. The quantitative estimate of drug-likeness (QED) is 0.889. The van der Waals surface area contributed by atoms with E-state index in [9.17, 15) is 8.42 Å². The van der Waals surface area contributed by atoms with Gasteiger partial charge >= 0.3 is 0 Å². The van der Waals surface area contributed by atoms with Crippen LogP contribution < -0.4 is 5.32 Å². The predicted octanol–water partition coefficient (Wildman–Crippen LogP) is 1.10. The van der Waals surface area contributed by atoms with Gasteiger partial charge in [0.25, 0.3) is 0 Å². The second-order valence-electron chi connectivity index (χ2n) is 4.11. The fourth-order valence-electron chi connectivity index (χ4n) is 1.55. The molecule has 0 saturated heterocycles. The van der Waals surface area contributed by atoms with Gasteiger partial charge in [-0.3, -0.25) is 0 Å². The molecule has 0 aromatic carbocycles. The van der Waals surface area contributed by atoms with Crippen molar-refractivity contribution in [1.82, 2.24) is 19.3 Å². The van der Waals surface area contributed by atoms with Crippen LogP contribution in [0.15, 0.2) is 22.7 Å². The molecule has 2 rings (SSSR count). The van der Waals surface area contributed by atoms with Gasteiger partial charge in [-0.2, -0.15) is 4.31 Å². The number of thiazole rings is 1. The van der Waals surface area contributed by atoms with Gasteiger partial charge in [0, 0.05) is 19.5 Å². The maximum absolute atomic E-state index is 12.3. The number of hydrogen-bond acceptors (Lipinski definition) is 7. The van der Waals surface area contributed by atoms with Crippen LogP contribution in [-0.2, 0) is 16.6 Å². The van der Waals surface area contributed by atoms with E-state index in [1.165, 1.54) is 35.1 Å². The average molecular weight is 313 g/mol. The van der Waals surface area contributed by atoms with E-state index < -0.39 is 10.0 Å². The second kappa shape index (κ2) is 5.81. The fourth-order valence-corrected chi connectivity index (χ4v) is 3.19. The van der Waals surface area contributed by atoms with E-state index in [2.05, 4.69) is 20.3 Å². The molecule has 0 aliphatic carbocycles. The van der Waals surface area contributed by atoms with E-state index in [0.29, 0.717) is 5.95 Å². The highest BCUT2D eigenvalue weighted by atomic mass is 32.2. The summed E-state index contributed by atoms with van der Waals surface area (Å²) < 4.78 is 25.9. The summed E-state index contributed by atoms with van der Waals surface area (Å²) in [5.41, 5.74) is 0.728. The highest BCUT2D eigenvalue weighted by Crippen LogP contribution is 2.17. The first-order valence-electron chi connectivity index (χ1n) is 5.80.